The second-order valence-electron chi connectivity index (χ2n) is 4.94. The molecule has 1 aliphatic rings. The van der Waals surface area contributed by atoms with Crippen LogP contribution >= 0.6 is 0 Å². The zero-order valence-electron chi connectivity index (χ0n) is 12.0. The van der Waals surface area contributed by atoms with Crippen molar-refractivity contribution in [3.05, 3.63) is 41.5 Å². The van der Waals surface area contributed by atoms with E-state index < -0.39 is 30.2 Å². The topological polar surface area (TPSA) is 66.8 Å². The summed E-state index contributed by atoms with van der Waals surface area (Å²) < 4.78 is 42.7. The third-order valence-electron chi connectivity index (χ3n) is 3.30. The molecule has 1 N–H and O–H groups in total. The minimum atomic E-state index is -4.36. The van der Waals surface area contributed by atoms with Gasteiger partial charge < -0.3 is 14.7 Å². The number of halogens is 3. The van der Waals surface area contributed by atoms with Gasteiger partial charge in [0.2, 0.25) is 0 Å². The Morgan fingerprint density at radius 3 is 2.61 bits per heavy atom. The monoisotopic (exact) mass is 329 g/mol. The maximum absolute atomic E-state index is 12.6. The Morgan fingerprint density at radius 1 is 1.30 bits per heavy atom. The van der Waals surface area contributed by atoms with Crippen molar-refractivity contribution in [3.63, 3.8) is 0 Å². The number of carbonyl (C=O) groups is 2. The first-order chi connectivity index (χ1) is 10.8. The lowest BCUT2D eigenvalue weighted by molar-refractivity contribution is -0.139. The van der Waals surface area contributed by atoms with Crippen molar-refractivity contribution in [1.82, 2.24) is 4.90 Å². The van der Waals surface area contributed by atoms with Crippen molar-refractivity contribution in [1.29, 1.82) is 0 Å². The average Bonchev–Trinajstić information content (AvgIpc) is 2.52. The zero-order chi connectivity index (χ0) is 17.0. The minimum Gasteiger partial charge on any atom is -0.482 e. The number of ether oxygens (including phenoxy) is 1. The molecule has 0 aromatic heterocycles. The van der Waals surface area contributed by atoms with Crippen LogP contribution in [0.2, 0.25) is 0 Å². The fourth-order valence-electron chi connectivity index (χ4n) is 2.16. The van der Waals surface area contributed by atoms with E-state index in [1.807, 2.05) is 0 Å². The summed E-state index contributed by atoms with van der Waals surface area (Å²) in [5.74, 6) is -1.37. The molecule has 5 nitrogen and oxygen atoms in total. The van der Waals surface area contributed by atoms with Crippen LogP contribution in [0.4, 0.5) is 13.2 Å². The smallest absolute Gasteiger partial charge is 0.412 e. The highest BCUT2D eigenvalue weighted by Gasteiger charge is 2.35. The normalized spacial score (nSPS) is 15.1. The van der Waals surface area contributed by atoms with E-state index in [4.69, 9.17) is 9.84 Å². The highest BCUT2D eigenvalue weighted by atomic mass is 19.4. The van der Waals surface area contributed by atoms with Gasteiger partial charge in [0.05, 0.1) is 0 Å². The first kappa shape index (κ1) is 16.9. The summed E-state index contributed by atoms with van der Waals surface area (Å²) in [7, 11) is 0. The number of nitrogens with zero attached hydrogens (tertiary/aromatic N) is 1. The number of hydrogen-bond acceptors (Lipinski definition) is 3. The summed E-state index contributed by atoms with van der Waals surface area (Å²) in [5, 5.41) is 8.55. The third-order valence-corrected chi connectivity index (χ3v) is 3.30. The van der Waals surface area contributed by atoms with Crippen LogP contribution < -0.4 is 4.74 Å². The van der Waals surface area contributed by atoms with Gasteiger partial charge in [0.15, 0.2) is 6.61 Å². The molecule has 8 heteroatoms. The van der Waals surface area contributed by atoms with E-state index in [0.717, 1.165) is 6.08 Å². The summed E-state index contributed by atoms with van der Waals surface area (Å²) >= 11 is 0. The summed E-state index contributed by atoms with van der Waals surface area (Å²) in [5.41, 5.74) is -0.392. The van der Waals surface area contributed by atoms with Crippen LogP contribution in [0.5, 0.6) is 5.75 Å². The molecule has 0 saturated heterocycles. The minimum absolute atomic E-state index is 0.0234. The van der Waals surface area contributed by atoms with Crippen molar-refractivity contribution in [2.24, 2.45) is 0 Å². The second kappa shape index (κ2) is 6.72. The SMILES string of the molecule is O=C(O)COc1cccc(C(=O)N2CC=C(C(F)(F)F)CC2)c1. The third kappa shape index (κ3) is 4.48. The van der Waals surface area contributed by atoms with Gasteiger partial charge in [-0.15, -0.1) is 0 Å². The Morgan fingerprint density at radius 2 is 2.04 bits per heavy atom. The number of amides is 1. The van der Waals surface area contributed by atoms with Gasteiger partial charge in [-0.05, 0) is 24.6 Å². The standard InChI is InChI=1S/C15H14F3NO4/c16-15(17,18)11-4-6-19(7-5-11)14(22)10-2-1-3-12(8-10)23-9-13(20)21/h1-4,8H,5-7,9H2,(H,20,21). The van der Waals surface area contributed by atoms with Gasteiger partial charge in [-0.3, -0.25) is 4.79 Å². The average molecular weight is 329 g/mol. The van der Waals surface area contributed by atoms with Crippen molar-refractivity contribution in [3.8, 4) is 5.75 Å². The molecule has 124 valence electrons. The predicted octanol–water partition coefficient (Wildman–Crippen LogP) is 2.48. The lowest BCUT2D eigenvalue weighted by atomic mass is 10.1. The van der Waals surface area contributed by atoms with Crippen LogP contribution in [0.15, 0.2) is 35.9 Å². The molecule has 0 radical (unpaired) electrons. The molecule has 0 spiro atoms. The highest BCUT2D eigenvalue weighted by molar-refractivity contribution is 5.94. The number of hydrogen-bond donors (Lipinski definition) is 1. The lowest BCUT2D eigenvalue weighted by Crippen LogP contribution is -2.36. The lowest BCUT2D eigenvalue weighted by Gasteiger charge is -2.27. The highest BCUT2D eigenvalue weighted by Crippen LogP contribution is 2.30. The number of carbonyl (C=O) groups excluding carboxylic acids is 1. The molecule has 0 fully saturated rings. The van der Waals surface area contributed by atoms with Gasteiger partial charge in [-0.25, -0.2) is 4.79 Å². The number of aliphatic carboxylic acids is 1. The van der Waals surface area contributed by atoms with Gasteiger partial charge in [0, 0.05) is 24.2 Å². The molecular weight excluding hydrogens is 315 g/mol. The Bertz CT molecular complexity index is 640. The Kier molecular flexibility index (Phi) is 4.92. The molecule has 1 aromatic rings. The van der Waals surface area contributed by atoms with E-state index in [1.54, 1.807) is 0 Å². The van der Waals surface area contributed by atoms with Crippen LogP contribution in [0.25, 0.3) is 0 Å². The van der Waals surface area contributed by atoms with Gasteiger partial charge in [-0.2, -0.15) is 13.2 Å². The van der Waals surface area contributed by atoms with E-state index >= 15 is 0 Å². The number of carboxylic acid groups (broad SMARTS) is 1. The Balaban J connectivity index is 2.05. The van der Waals surface area contributed by atoms with E-state index in [9.17, 15) is 22.8 Å². The van der Waals surface area contributed by atoms with Crippen molar-refractivity contribution < 1.29 is 32.6 Å². The quantitative estimate of drug-likeness (QED) is 0.862. The van der Waals surface area contributed by atoms with Crippen LogP contribution in [-0.4, -0.2) is 47.8 Å². The number of carboxylic acids is 1. The van der Waals surface area contributed by atoms with Crippen molar-refractivity contribution >= 4 is 11.9 Å². The summed E-state index contributed by atoms with van der Waals surface area (Å²) in [6, 6.07) is 5.89. The van der Waals surface area contributed by atoms with Crippen LogP contribution in [0.1, 0.15) is 16.8 Å². The maximum atomic E-state index is 12.6. The Labute approximate surface area is 130 Å². The molecule has 0 saturated carbocycles. The molecule has 1 aromatic carbocycles. The molecule has 23 heavy (non-hydrogen) atoms. The van der Waals surface area contributed by atoms with Crippen LogP contribution in [-0.2, 0) is 4.79 Å². The summed E-state index contributed by atoms with van der Waals surface area (Å²) in [4.78, 5) is 24.0. The molecular formula is C15H14F3NO4. The Hall–Kier alpha value is -2.51. The predicted molar refractivity (Wildman–Crippen MR) is 74.2 cm³/mol. The first-order valence-electron chi connectivity index (χ1n) is 6.77. The summed E-state index contributed by atoms with van der Waals surface area (Å²) in [6.45, 7) is -0.683. The van der Waals surface area contributed by atoms with E-state index in [2.05, 4.69) is 0 Å². The largest absolute Gasteiger partial charge is 0.482 e. The van der Waals surface area contributed by atoms with Gasteiger partial charge in [0.25, 0.3) is 5.91 Å². The summed E-state index contributed by atoms with van der Waals surface area (Å²) in [6.07, 6.45) is -3.60. The fourth-order valence-corrected chi connectivity index (χ4v) is 2.16. The van der Waals surface area contributed by atoms with E-state index in [-0.39, 0.29) is 30.8 Å². The van der Waals surface area contributed by atoms with Crippen molar-refractivity contribution in [2.75, 3.05) is 19.7 Å². The molecule has 0 unspecified atom stereocenters. The fraction of sp³-hybridized carbons (Fsp3) is 0.333. The molecule has 0 aliphatic carbocycles. The zero-order valence-corrected chi connectivity index (χ0v) is 12.0. The number of benzene rings is 1. The second-order valence-corrected chi connectivity index (χ2v) is 4.94. The molecule has 1 heterocycles. The van der Waals surface area contributed by atoms with E-state index in [1.165, 1.54) is 29.2 Å². The van der Waals surface area contributed by atoms with Gasteiger partial charge in [-0.1, -0.05) is 12.1 Å². The van der Waals surface area contributed by atoms with Gasteiger partial charge >= 0.3 is 12.1 Å². The van der Waals surface area contributed by atoms with Gasteiger partial charge in [0.1, 0.15) is 5.75 Å². The van der Waals surface area contributed by atoms with E-state index in [0.29, 0.717) is 0 Å². The molecule has 1 aliphatic heterocycles. The van der Waals surface area contributed by atoms with Crippen LogP contribution in [0, 0.1) is 0 Å². The maximum Gasteiger partial charge on any atom is 0.412 e. The van der Waals surface area contributed by atoms with Crippen LogP contribution in [0.3, 0.4) is 0 Å². The molecule has 2 rings (SSSR count). The number of alkyl halides is 3. The first-order valence-corrected chi connectivity index (χ1v) is 6.77. The molecule has 0 atom stereocenters. The molecule has 1 amide bonds. The number of rotatable bonds is 4. The molecule has 0 bridgehead atoms. The van der Waals surface area contributed by atoms with Crippen molar-refractivity contribution in [2.45, 2.75) is 12.6 Å².